The molecule has 4 heterocycles. The van der Waals surface area contributed by atoms with Crippen molar-refractivity contribution in [3.8, 4) is 0 Å². The molecule has 0 aliphatic carbocycles. The summed E-state index contributed by atoms with van der Waals surface area (Å²) in [7, 11) is 0. The Kier molecular flexibility index (Phi) is 16.6. The molecule has 0 radical (unpaired) electrons. The van der Waals surface area contributed by atoms with Crippen molar-refractivity contribution in [3.05, 3.63) is 42.2 Å². The Morgan fingerprint density at radius 1 is 0.889 bits per heavy atom. The molecule has 2 aromatic rings. The van der Waals surface area contributed by atoms with E-state index in [9.17, 15) is 39.9 Å². The van der Waals surface area contributed by atoms with Gasteiger partial charge in [-0.15, -0.1) is 0 Å². The summed E-state index contributed by atoms with van der Waals surface area (Å²) >= 11 is 0. The second kappa shape index (κ2) is 20.6. The van der Waals surface area contributed by atoms with E-state index < -0.39 is 107 Å². The largest absolute Gasteiger partial charge is 0.459 e. The van der Waals surface area contributed by atoms with Gasteiger partial charge >= 0.3 is 5.97 Å². The van der Waals surface area contributed by atoms with Gasteiger partial charge in [0.1, 0.15) is 23.6 Å². The van der Waals surface area contributed by atoms with Gasteiger partial charge in [0.25, 0.3) is 0 Å². The van der Waals surface area contributed by atoms with Gasteiger partial charge in [-0.1, -0.05) is 65.8 Å². The lowest BCUT2D eigenvalue weighted by atomic mass is 9.74. The van der Waals surface area contributed by atoms with Crippen LogP contribution in [0.4, 0.5) is 0 Å². The Hall–Kier alpha value is -3.12. The van der Waals surface area contributed by atoms with E-state index in [0.29, 0.717) is 12.8 Å². The summed E-state index contributed by atoms with van der Waals surface area (Å²) < 4.78 is 31.7. The van der Waals surface area contributed by atoms with E-state index in [-0.39, 0.29) is 50.2 Å². The maximum atomic E-state index is 14.6. The van der Waals surface area contributed by atoms with Gasteiger partial charge in [-0.25, -0.2) is 0 Å². The number of nitrogens with zero attached hydrogens (tertiary/aromatic N) is 1. The van der Waals surface area contributed by atoms with Crippen molar-refractivity contribution in [2.24, 2.45) is 35.0 Å². The van der Waals surface area contributed by atoms with E-state index in [1.807, 2.05) is 52.0 Å². The Morgan fingerprint density at radius 2 is 1.57 bits per heavy atom. The number of amides is 1. The molecule has 17 atom stereocenters. The molecule has 3 aliphatic rings. The van der Waals surface area contributed by atoms with Crippen LogP contribution >= 0.6 is 0 Å². The molecule has 1 aromatic carbocycles. The summed E-state index contributed by atoms with van der Waals surface area (Å²) in [6, 6.07) is 7.78. The number of benzene rings is 1. The van der Waals surface area contributed by atoms with Crippen LogP contribution in [0.1, 0.15) is 114 Å². The number of hydrogen-bond acceptors (Lipinski definition) is 14. The average molecular weight is 887 g/mol. The van der Waals surface area contributed by atoms with E-state index in [0.717, 1.165) is 16.3 Å². The van der Waals surface area contributed by atoms with Gasteiger partial charge in [0.05, 0.1) is 48.1 Å². The van der Waals surface area contributed by atoms with Crippen molar-refractivity contribution in [2.75, 3.05) is 6.54 Å². The fourth-order valence-corrected chi connectivity index (χ4v) is 10.1. The molecule has 63 heavy (non-hydrogen) atoms. The van der Waals surface area contributed by atoms with Crippen LogP contribution in [0.2, 0.25) is 0 Å². The third-order valence-corrected chi connectivity index (χ3v) is 14.0. The Morgan fingerprint density at radius 3 is 2.25 bits per heavy atom. The zero-order valence-electron chi connectivity index (χ0n) is 39.0. The number of pyridine rings is 1. The molecular weight excluding hydrogens is 813 g/mol. The van der Waals surface area contributed by atoms with E-state index in [4.69, 9.17) is 23.7 Å². The fraction of sp³-hybridized carbons (Fsp3) is 0.750. The van der Waals surface area contributed by atoms with E-state index in [2.05, 4.69) is 10.3 Å². The van der Waals surface area contributed by atoms with E-state index in [1.165, 1.54) is 20.8 Å². The molecule has 0 spiro atoms. The van der Waals surface area contributed by atoms with Gasteiger partial charge in [-0.05, 0) is 76.2 Å². The smallest absolute Gasteiger partial charge is 0.311 e. The number of cyclic esters (lactones) is 1. The number of aryl methyl sites for hydroxylation is 1. The monoisotopic (exact) mass is 887 g/mol. The van der Waals surface area contributed by atoms with Crippen molar-refractivity contribution >= 4 is 28.4 Å². The molecule has 15 nitrogen and oxygen atoms in total. The van der Waals surface area contributed by atoms with E-state index in [1.54, 1.807) is 40.1 Å². The molecule has 1 amide bonds. The maximum Gasteiger partial charge on any atom is 0.311 e. The predicted molar refractivity (Wildman–Crippen MR) is 234 cm³/mol. The summed E-state index contributed by atoms with van der Waals surface area (Å²) in [6.07, 6.45) is -5.77. The van der Waals surface area contributed by atoms with Crippen molar-refractivity contribution in [1.29, 1.82) is 0 Å². The average Bonchev–Trinajstić information content (AvgIpc) is 3.22. The van der Waals surface area contributed by atoms with Gasteiger partial charge in [-0.2, -0.15) is 0 Å². The summed E-state index contributed by atoms with van der Waals surface area (Å²) in [5.74, 6) is -5.85. The highest BCUT2D eigenvalue weighted by Gasteiger charge is 2.53. The van der Waals surface area contributed by atoms with Crippen LogP contribution in [0.5, 0.6) is 0 Å². The van der Waals surface area contributed by atoms with Crippen molar-refractivity contribution < 1.29 is 63.6 Å². The molecule has 354 valence electrons. The number of ketones is 1. The standard InChI is InChI=1S/C48H74N2O13/c1-25-20-27(3)59-45(39(25)53)63-43-29(5)40(62-37-22-46(8,9)42(55)31(7)60-37)30(6)44(56)61-35(48(11,58)41(54)28(4)38(52)26(2)21-47(43,10)57)18-19-50-36(51)17-16-33-24-49-23-32-14-12-13-15-34(32)33/h12-15,23-31,35,37,39-43,45,53-55,57-58H,16-22H2,1-11H3,(H,50,51)/t25?,26-,27?,28+,29+,30-,31?,35-,37?,39?,40+,41-,42?,43-,45?,47-,48-/m1/s1. The summed E-state index contributed by atoms with van der Waals surface area (Å²) in [6.45, 7) is 18.5. The second-order valence-corrected chi connectivity index (χ2v) is 20.1. The van der Waals surface area contributed by atoms with Gasteiger partial charge in [0.15, 0.2) is 12.6 Å². The summed E-state index contributed by atoms with van der Waals surface area (Å²) in [4.78, 5) is 46.2. The lowest BCUT2D eigenvalue weighted by Gasteiger charge is -2.48. The summed E-state index contributed by atoms with van der Waals surface area (Å²) in [5.41, 5.74) is -3.73. The normalized spacial score (nSPS) is 40.8. The minimum absolute atomic E-state index is 0.0402. The van der Waals surface area contributed by atoms with Crippen LogP contribution in [0.3, 0.4) is 0 Å². The number of ether oxygens (including phenoxy) is 5. The minimum atomic E-state index is -2.19. The molecule has 0 bridgehead atoms. The predicted octanol–water partition coefficient (Wildman–Crippen LogP) is 4.39. The van der Waals surface area contributed by atoms with Crippen molar-refractivity contribution in [1.82, 2.24) is 10.3 Å². The molecule has 5 rings (SSSR count). The number of aromatic nitrogens is 1. The van der Waals surface area contributed by atoms with Crippen LogP contribution in [0.15, 0.2) is 36.7 Å². The number of aliphatic hydroxyl groups excluding tert-OH is 3. The zero-order chi connectivity index (χ0) is 46.8. The highest BCUT2D eigenvalue weighted by Crippen LogP contribution is 2.42. The van der Waals surface area contributed by atoms with Gasteiger partial charge < -0.3 is 54.5 Å². The number of Topliss-reactive ketones (excluding diaryl/α,β-unsaturated/α-hetero) is 1. The number of aliphatic hydroxyl groups is 5. The Bertz CT molecular complexity index is 1870. The van der Waals surface area contributed by atoms with Crippen LogP contribution in [-0.4, -0.2) is 127 Å². The number of hydrogen-bond donors (Lipinski definition) is 6. The number of nitrogens with one attached hydrogen (secondary N) is 1. The van der Waals surface area contributed by atoms with Crippen molar-refractivity contribution in [3.63, 3.8) is 0 Å². The fourth-order valence-electron chi connectivity index (χ4n) is 10.1. The van der Waals surface area contributed by atoms with Crippen LogP contribution in [0, 0.1) is 35.0 Å². The third-order valence-electron chi connectivity index (χ3n) is 14.0. The highest BCUT2D eigenvalue weighted by atomic mass is 16.7. The molecule has 7 unspecified atom stereocenters. The number of carbonyl (C=O) groups excluding carboxylic acids is 3. The molecule has 0 saturated carbocycles. The minimum Gasteiger partial charge on any atom is -0.459 e. The highest BCUT2D eigenvalue weighted by molar-refractivity contribution is 5.85. The van der Waals surface area contributed by atoms with Gasteiger partial charge in [0.2, 0.25) is 5.91 Å². The molecule has 1 aromatic heterocycles. The van der Waals surface area contributed by atoms with Gasteiger partial charge in [0, 0.05) is 61.3 Å². The molecule has 3 saturated heterocycles. The SMILES string of the molecule is CC1CC(C)C(O)C(O[C@@H]2[C@@H](C)[C@H](OC3CC(C)(C)C(O)C(C)O3)[C@@H](C)C(=O)O[C@H](CCNC(=O)CCc3cncc4ccccc34)[C@@](C)(O)[C@H](O)[C@@H](C)C(=O)[C@H](C)C[C@@]2(C)O)O1. The van der Waals surface area contributed by atoms with Crippen LogP contribution in [-0.2, 0) is 44.5 Å². The molecule has 15 heteroatoms. The molecule has 3 aliphatic heterocycles. The molecule has 6 N–H and O–H groups in total. The van der Waals surface area contributed by atoms with Crippen LogP contribution in [0.25, 0.3) is 10.8 Å². The topological polar surface area (TPSA) is 223 Å². The first-order chi connectivity index (χ1) is 29.3. The number of fused-ring (bicyclic) bond motifs is 1. The van der Waals surface area contributed by atoms with Crippen molar-refractivity contribution in [2.45, 2.75) is 187 Å². The quantitative estimate of drug-likeness (QED) is 0.182. The lowest BCUT2D eigenvalue weighted by Crippen LogP contribution is -2.59. The first kappa shape index (κ1) is 50.9. The maximum absolute atomic E-state index is 14.6. The zero-order valence-corrected chi connectivity index (χ0v) is 39.0. The Balaban J connectivity index is 1.47. The summed E-state index contributed by atoms with van der Waals surface area (Å²) in [5, 5.41) is 63.4. The van der Waals surface area contributed by atoms with Gasteiger partial charge in [-0.3, -0.25) is 19.4 Å². The molecular formula is C48H74N2O13. The van der Waals surface area contributed by atoms with Crippen LogP contribution < -0.4 is 5.32 Å². The molecule has 3 fully saturated rings. The lowest BCUT2D eigenvalue weighted by molar-refractivity contribution is -0.312. The second-order valence-electron chi connectivity index (χ2n) is 20.1. The number of carbonyl (C=O) groups is 3. The number of esters is 1. The Labute approximate surface area is 372 Å². The third kappa shape index (κ3) is 11.8. The number of rotatable bonds is 10. The first-order valence-corrected chi connectivity index (χ1v) is 22.8. The first-order valence-electron chi connectivity index (χ1n) is 22.8. The van der Waals surface area contributed by atoms with E-state index >= 15 is 0 Å².